The van der Waals surface area contributed by atoms with Crippen LogP contribution < -0.4 is 5.32 Å². The molecule has 1 spiro atoms. The number of amides is 1. The van der Waals surface area contributed by atoms with E-state index in [4.69, 9.17) is 9.47 Å². The molecule has 1 N–H and O–H groups in total. The Morgan fingerprint density at radius 1 is 1.41 bits per heavy atom. The number of hydrogen-bond donors (Lipinski definition) is 1. The van der Waals surface area contributed by atoms with Crippen LogP contribution in [-0.2, 0) is 20.8 Å². The van der Waals surface area contributed by atoms with Crippen molar-refractivity contribution in [1.82, 2.24) is 15.1 Å². The summed E-state index contributed by atoms with van der Waals surface area (Å²) in [6.45, 7) is 5.20. The second kappa shape index (κ2) is 6.38. The van der Waals surface area contributed by atoms with Gasteiger partial charge < -0.3 is 14.8 Å². The molecule has 0 unspecified atom stereocenters. The van der Waals surface area contributed by atoms with Crippen LogP contribution in [0, 0.1) is 13.8 Å². The van der Waals surface area contributed by atoms with E-state index in [0.29, 0.717) is 13.2 Å². The average molecular weight is 307 g/mol. The largest absolute Gasteiger partial charge is 0.352 e. The van der Waals surface area contributed by atoms with Gasteiger partial charge in [0.2, 0.25) is 5.91 Å². The average Bonchev–Trinajstić information content (AvgIpc) is 3.01. The van der Waals surface area contributed by atoms with E-state index < -0.39 is 0 Å². The third-order valence-corrected chi connectivity index (χ3v) is 4.45. The van der Waals surface area contributed by atoms with Gasteiger partial charge in [-0.2, -0.15) is 5.10 Å². The summed E-state index contributed by atoms with van der Waals surface area (Å²) in [5.74, 6) is -0.414. The van der Waals surface area contributed by atoms with Crippen LogP contribution in [0.2, 0.25) is 0 Å². The fourth-order valence-electron chi connectivity index (χ4n) is 3.32. The van der Waals surface area contributed by atoms with Crippen molar-refractivity contribution in [3.63, 3.8) is 0 Å². The summed E-state index contributed by atoms with van der Waals surface area (Å²) in [6, 6.07) is 1.97. The van der Waals surface area contributed by atoms with E-state index in [1.54, 1.807) is 4.68 Å². The normalized spacial score (nSPS) is 23.8. The third-order valence-electron chi connectivity index (χ3n) is 4.45. The van der Waals surface area contributed by atoms with Gasteiger partial charge in [-0.3, -0.25) is 9.48 Å². The van der Waals surface area contributed by atoms with Crippen LogP contribution in [-0.4, -0.2) is 40.7 Å². The molecule has 0 bridgehead atoms. The quantitative estimate of drug-likeness (QED) is 0.919. The highest BCUT2D eigenvalue weighted by atomic mass is 16.7. The SMILES string of the molecule is Cc1cc(C)n(CC(=O)NC[C@@H]2COC3(CCCCC3)O2)n1. The van der Waals surface area contributed by atoms with Gasteiger partial charge in [0, 0.05) is 25.1 Å². The van der Waals surface area contributed by atoms with E-state index in [1.165, 1.54) is 6.42 Å². The molecule has 2 fully saturated rings. The van der Waals surface area contributed by atoms with Crippen LogP contribution in [0.5, 0.6) is 0 Å². The molecule has 22 heavy (non-hydrogen) atoms. The van der Waals surface area contributed by atoms with E-state index >= 15 is 0 Å². The topological polar surface area (TPSA) is 65.4 Å². The first-order chi connectivity index (χ1) is 10.6. The number of carbonyl (C=O) groups is 1. The zero-order chi connectivity index (χ0) is 15.6. The number of aromatic nitrogens is 2. The highest BCUT2D eigenvalue weighted by Crippen LogP contribution is 2.37. The molecule has 2 heterocycles. The van der Waals surface area contributed by atoms with E-state index in [9.17, 15) is 4.79 Å². The molecule has 122 valence electrons. The second-order valence-electron chi connectivity index (χ2n) is 6.41. The molecule has 6 heteroatoms. The Hall–Kier alpha value is -1.40. The molecular weight excluding hydrogens is 282 g/mol. The van der Waals surface area contributed by atoms with Crippen LogP contribution in [0.1, 0.15) is 43.5 Å². The summed E-state index contributed by atoms with van der Waals surface area (Å²) < 4.78 is 13.7. The summed E-state index contributed by atoms with van der Waals surface area (Å²) >= 11 is 0. The van der Waals surface area contributed by atoms with Crippen molar-refractivity contribution in [2.45, 2.75) is 64.4 Å². The molecule has 1 atom stereocenters. The van der Waals surface area contributed by atoms with Crippen molar-refractivity contribution in [3.05, 3.63) is 17.5 Å². The van der Waals surface area contributed by atoms with Gasteiger partial charge in [0.25, 0.3) is 0 Å². The summed E-state index contributed by atoms with van der Waals surface area (Å²) in [4.78, 5) is 12.0. The smallest absolute Gasteiger partial charge is 0.241 e. The van der Waals surface area contributed by atoms with Gasteiger partial charge in [-0.05, 0) is 32.8 Å². The Morgan fingerprint density at radius 2 is 2.18 bits per heavy atom. The van der Waals surface area contributed by atoms with Gasteiger partial charge in [0.05, 0.1) is 12.3 Å². The fraction of sp³-hybridized carbons (Fsp3) is 0.750. The minimum absolute atomic E-state index is 0.0393. The van der Waals surface area contributed by atoms with Crippen LogP contribution in [0.15, 0.2) is 6.07 Å². The van der Waals surface area contributed by atoms with Gasteiger partial charge in [-0.15, -0.1) is 0 Å². The predicted octanol–water partition coefficient (Wildman–Crippen LogP) is 1.69. The van der Waals surface area contributed by atoms with Gasteiger partial charge in [0.15, 0.2) is 5.79 Å². The highest BCUT2D eigenvalue weighted by molar-refractivity contribution is 5.75. The summed E-state index contributed by atoms with van der Waals surface area (Å²) in [6.07, 6.45) is 5.50. The number of aryl methyl sites for hydroxylation is 2. The molecule has 6 nitrogen and oxygen atoms in total. The minimum atomic E-state index is -0.372. The zero-order valence-corrected chi connectivity index (χ0v) is 13.4. The molecule has 1 aromatic heterocycles. The van der Waals surface area contributed by atoms with Gasteiger partial charge in [0.1, 0.15) is 12.6 Å². The van der Waals surface area contributed by atoms with E-state index in [-0.39, 0.29) is 24.3 Å². The van der Waals surface area contributed by atoms with Crippen molar-refractivity contribution in [1.29, 1.82) is 0 Å². The Morgan fingerprint density at radius 3 is 2.86 bits per heavy atom. The predicted molar refractivity (Wildman–Crippen MR) is 81.4 cm³/mol. The highest BCUT2D eigenvalue weighted by Gasteiger charge is 2.42. The minimum Gasteiger partial charge on any atom is -0.352 e. The number of rotatable bonds is 4. The monoisotopic (exact) mass is 307 g/mol. The van der Waals surface area contributed by atoms with Crippen molar-refractivity contribution < 1.29 is 14.3 Å². The summed E-state index contributed by atoms with van der Waals surface area (Å²) in [5.41, 5.74) is 1.92. The van der Waals surface area contributed by atoms with Crippen molar-refractivity contribution in [2.75, 3.05) is 13.2 Å². The lowest BCUT2D eigenvalue weighted by molar-refractivity contribution is -0.186. The first-order valence-electron chi connectivity index (χ1n) is 8.16. The number of nitrogens with one attached hydrogen (secondary N) is 1. The van der Waals surface area contributed by atoms with Gasteiger partial charge in [-0.1, -0.05) is 6.42 Å². The Kier molecular flexibility index (Phi) is 4.49. The number of nitrogens with zero attached hydrogens (tertiary/aromatic N) is 2. The van der Waals surface area contributed by atoms with E-state index in [0.717, 1.165) is 37.1 Å². The van der Waals surface area contributed by atoms with Gasteiger partial charge >= 0.3 is 0 Å². The Labute approximate surface area is 131 Å². The molecule has 0 aromatic carbocycles. The lowest BCUT2D eigenvalue weighted by atomic mass is 9.94. The molecule has 1 aliphatic carbocycles. The molecule has 1 aliphatic heterocycles. The lowest BCUT2D eigenvalue weighted by Gasteiger charge is -2.31. The zero-order valence-electron chi connectivity index (χ0n) is 13.4. The first-order valence-corrected chi connectivity index (χ1v) is 8.16. The summed E-state index contributed by atoms with van der Waals surface area (Å²) in [5, 5.41) is 7.22. The molecule has 3 rings (SSSR count). The first kappa shape index (κ1) is 15.5. The van der Waals surface area contributed by atoms with E-state index in [1.807, 2.05) is 19.9 Å². The summed E-state index contributed by atoms with van der Waals surface area (Å²) in [7, 11) is 0. The van der Waals surface area contributed by atoms with Crippen LogP contribution in [0.3, 0.4) is 0 Å². The Balaban J connectivity index is 1.45. The maximum absolute atomic E-state index is 12.0. The standard InChI is InChI=1S/C16H25N3O3/c1-12-8-13(2)19(18-12)10-15(20)17-9-14-11-21-16(22-14)6-4-3-5-7-16/h8,14H,3-7,9-11H2,1-2H3,(H,17,20)/t14-/m1/s1. The van der Waals surface area contributed by atoms with Crippen LogP contribution >= 0.6 is 0 Å². The van der Waals surface area contributed by atoms with Crippen molar-refractivity contribution >= 4 is 5.91 Å². The van der Waals surface area contributed by atoms with E-state index in [2.05, 4.69) is 10.4 Å². The van der Waals surface area contributed by atoms with Crippen molar-refractivity contribution in [3.8, 4) is 0 Å². The Bertz CT molecular complexity index is 535. The molecule has 1 saturated heterocycles. The molecule has 1 amide bonds. The van der Waals surface area contributed by atoms with Crippen LogP contribution in [0.4, 0.5) is 0 Å². The molecule has 1 saturated carbocycles. The van der Waals surface area contributed by atoms with Crippen LogP contribution in [0.25, 0.3) is 0 Å². The second-order valence-corrected chi connectivity index (χ2v) is 6.41. The van der Waals surface area contributed by atoms with Crippen molar-refractivity contribution in [2.24, 2.45) is 0 Å². The molecule has 2 aliphatic rings. The molecule has 0 radical (unpaired) electrons. The lowest BCUT2D eigenvalue weighted by Crippen LogP contribution is -2.38. The fourth-order valence-corrected chi connectivity index (χ4v) is 3.32. The molecular formula is C16H25N3O3. The maximum atomic E-state index is 12.0. The number of carbonyl (C=O) groups excluding carboxylic acids is 1. The number of ether oxygens (including phenoxy) is 2. The third kappa shape index (κ3) is 3.50. The van der Waals surface area contributed by atoms with Gasteiger partial charge in [-0.25, -0.2) is 0 Å². The molecule has 1 aromatic rings. The maximum Gasteiger partial charge on any atom is 0.241 e. The number of hydrogen-bond acceptors (Lipinski definition) is 4.